The molecule has 2 aliphatic heterocycles. The minimum atomic E-state index is -2.66. The zero-order valence-corrected chi connectivity index (χ0v) is 11.7. The first-order chi connectivity index (χ1) is 10.5. The van der Waals surface area contributed by atoms with Gasteiger partial charge in [-0.25, -0.2) is 8.78 Å². The normalized spacial score (nSPS) is 19.9. The maximum atomic E-state index is 13.2. The van der Waals surface area contributed by atoms with Crippen LogP contribution in [-0.2, 0) is 6.54 Å². The molecule has 1 aromatic carbocycles. The number of rotatable bonds is 2. The first-order valence-corrected chi connectivity index (χ1v) is 7.06. The summed E-state index contributed by atoms with van der Waals surface area (Å²) in [4.78, 5) is 16.5. The Balaban J connectivity index is 1.68. The standard InChI is InChI=1S/C15H14F2N2O3/c16-15(17)1-2-19(7-15)6-10-3-9-4-12-13(22-8-21-12)5-11(9)18-14(10)20/h3-5H,1-2,6-8H2,(H,18,20). The molecule has 5 nitrogen and oxygen atoms in total. The van der Waals surface area contributed by atoms with Crippen LogP contribution >= 0.6 is 0 Å². The van der Waals surface area contributed by atoms with Crippen LogP contribution in [0.2, 0.25) is 0 Å². The van der Waals surface area contributed by atoms with Crippen LogP contribution in [0.3, 0.4) is 0 Å². The number of nitrogens with zero attached hydrogens (tertiary/aromatic N) is 1. The summed E-state index contributed by atoms with van der Waals surface area (Å²) < 4.78 is 37.1. The first kappa shape index (κ1) is 13.5. The van der Waals surface area contributed by atoms with E-state index in [1.54, 1.807) is 23.1 Å². The fourth-order valence-corrected chi connectivity index (χ4v) is 2.94. The van der Waals surface area contributed by atoms with Crippen molar-refractivity contribution in [1.82, 2.24) is 9.88 Å². The van der Waals surface area contributed by atoms with E-state index in [1.165, 1.54) is 0 Å². The van der Waals surface area contributed by atoms with Gasteiger partial charge >= 0.3 is 0 Å². The van der Waals surface area contributed by atoms with E-state index in [9.17, 15) is 13.6 Å². The molecule has 0 amide bonds. The highest BCUT2D eigenvalue weighted by Crippen LogP contribution is 2.35. The molecule has 0 aliphatic carbocycles. The number of aromatic amines is 1. The Bertz CT molecular complexity index is 803. The quantitative estimate of drug-likeness (QED) is 0.923. The molecule has 0 atom stereocenters. The summed E-state index contributed by atoms with van der Waals surface area (Å²) in [5, 5.41) is 0.796. The Morgan fingerprint density at radius 2 is 2.00 bits per heavy atom. The number of ether oxygens (including phenoxy) is 2. The second-order valence-electron chi connectivity index (χ2n) is 5.73. The summed E-state index contributed by atoms with van der Waals surface area (Å²) in [7, 11) is 0. The van der Waals surface area contributed by atoms with Gasteiger partial charge in [0.25, 0.3) is 11.5 Å². The predicted molar refractivity (Wildman–Crippen MR) is 75.5 cm³/mol. The van der Waals surface area contributed by atoms with Crippen molar-refractivity contribution in [2.75, 3.05) is 19.9 Å². The van der Waals surface area contributed by atoms with E-state index in [4.69, 9.17) is 9.47 Å². The van der Waals surface area contributed by atoms with Crippen LogP contribution in [0.25, 0.3) is 10.9 Å². The van der Waals surface area contributed by atoms with Gasteiger partial charge in [0, 0.05) is 36.5 Å². The molecule has 2 aliphatic rings. The van der Waals surface area contributed by atoms with Crippen molar-refractivity contribution in [1.29, 1.82) is 0 Å². The zero-order valence-electron chi connectivity index (χ0n) is 11.7. The van der Waals surface area contributed by atoms with Gasteiger partial charge in [-0.05, 0) is 12.1 Å². The number of hydrogen-bond acceptors (Lipinski definition) is 4. The number of aromatic nitrogens is 1. The van der Waals surface area contributed by atoms with Crippen molar-refractivity contribution in [3.05, 3.63) is 34.1 Å². The van der Waals surface area contributed by atoms with Crippen molar-refractivity contribution in [3.8, 4) is 11.5 Å². The van der Waals surface area contributed by atoms with Crippen molar-refractivity contribution < 1.29 is 18.3 Å². The smallest absolute Gasteiger partial charge is 0.261 e. The lowest BCUT2D eigenvalue weighted by Gasteiger charge is -2.15. The molecular formula is C15H14F2N2O3. The molecule has 2 aromatic rings. The highest BCUT2D eigenvalue weighted by Gasteiger charge is 2.38. The Hall–Kier alpha value is -2.15. The van der Waals surface area contributed by atoms with E-state index in [0.717, 1.165) is 5.39 Å². The summed E-state index contributed by atoms with van der Waals surface area (Å²) in [5.74, 6) is -1.44. The molecule has 22 heavy (non-hydrogen) atoms. The number of benzene rings is 1. The van der Waals surface area contributed by atoms with Crippen LogP contribution in [-0.4, -0.2) is 35.7 Å². The van der Waals surface area contributed by atoms with Gasteiger partial charge in [0.1, 0.15) is 0 Å². The number of hydrogen-bond donors (Lipinski definition) is 1. The second kappa shape index (κ2) is 4.67. The molecule has 1 aromatic heterocycles. The average Bonchev–Trinajstić information content (AvgIpc) is 3.03. The average molecular weight is 308 g/mol. The molecule has 116 valence electrons. The SMILES string of the molecule is O=c1[nH]c2cc3c(cc2cc1CN1CCC(F)(F)C1)OCO3. The van der Waals surface area contributed by atoms with Crippen LogP contribution in [0, 0.1) is 0 Å². The Kier molecular flexibility index (Phi) is 2.87. The second-order valence-corrected chi connectivity index (χ2v) is 5.73. The van der Waals surface area contributed by atoms with E-state index in [0.29, 0.717) is 29.1 Å². The lowest BCUT2D eigenvalue weighted by Crippen LogP contribution is -2.27. The van der Waals surface area contributed by atoms with Crippen LogP contribution in [0.15, 0.2) is 23.0 Å². The van der Waals surface area contributed by atoms with Crippen molar-refractivity contribution in [3.63, 3.8) is 0 Å². The molecule has 1 N–H and O–H groups in total. The Labute approximate surface area is 124 Å². The van der Waals surface area contributed by atoms with Crippen LogP contribution in [0.5, 0.6) is 11.5 Å². The number of fused-ring (bicyclic) bond motifs is 2. The minimum Gasteiger partial charge on any atom is -0.454 e. The highest BCUT2D eigenvalue weighted by molar-refractivity contribution is 5.83. The van der Waals surface area contributed by atoms with Gasteiger partial charge in [-0.1, -0.05) is 0 Å². The summed E-state index contributed by atoms with van der Waals surface area (Å²) in [6.45, 7) is 0.373. The van der Waals surface area contributed by atoms with Crippen LogP contribution in [0.4, 0.5) is 8.78 Å². The lowest BCUT2D eigenvalue weighted by atomic mass is 10.1. The molecule has 0 bridgehead atoms. The molecule has 0 radical (unpaired) electrons. The predicted octanol–water partition coefficient (Wildman–Crippen LogP) is 2.10. The fourth-order valence-electron chi connectivity index (χ4n) is 2.94. The van der Waals surface area contributed by atoms with Gasteiger partial charge in [0.15, 0.2) is 11.5 Å². The maximum absolute atomic E-state index is 13.2. The number of nitrogens with one attached hydrogen (secondary N) is 1. The number of H-pyrrole nitrogens is 1. The van der Waals surface area contributed by atoms with E-state index >= 15 is 0 Å². The monoisotopic (exact) mass is 308 g/mol. The Morgan fingerprint density at radius 1 is 1.23 bits per heavy atom. The molecule has 0 unspecified atom stereocenters. The summed E-state index contributed by atoms with van der Waals surface area (Å²) in [6, 6.07) is 5.23. The number of likely N-dealkylation sites (tertiary alicyclic amines) is 1. The summed E-state index contributed by atoms with van der Waals surface area (Å²) in [5.41, 5.74) is 0.857. The molecule has 0 spiro atoms. The first-order valence-electron chi connectivity index (χ1n) is 7.06. The molecule has 4 rings (SSSR count). The molecule has 7 heteroatoms. The molecule has 0 saturated carbocycles. The van der Waals surface area contributed by atoms with Crippen molar-refractivity contribution in [2.45, 2.75) is 18.9 Å². The minimum absolute atomic E-state index is 0.156. The van der Waals surface area contributed by atoms with E-state index in [2.05, 4.69) is 4.98 Å². The molecule has 1 saturated heterocycles. The van der Waals surface area contributed by atoms with Gasteiger partial charge in [-0.3, -0.25) is 9.69 Å². The topological polar surface area (TPSA) is 54.6 Å². The maximum Gasteiger partial charge on any atom is 0.261 e. The van der Waals surface area contributed by atoms with Gasteiger partial charge in [0.2, 0.25) is 6.79 Å². The number of alkyl halides is 2. The lowest BCUT2D eigenvalue weighted by molar-refractivity contribution is 0.0115. The van der Waals surface area contributed by atoms with E-state index < -0.39 is 5.92 Å². The van der Waals surface area contributed by atoms with Gasteiger partial charge < -0.3 is 14.5 Å². The van der Waals surface area contributed by atoms with E-state index in [1.807, 2.05) is 0 Å². The highest BCUT2D eigenvalue weighted by atomic mass is 19.3. The number of pyridine rings is 1. The van der Waals surface area contributed by atoms with Crippen molar-refractivity contribution in [2.24, 2.45) is 0 Å². The molecular weight excluding hydrogens is 294 g/mol. The van der Waals surface area contributed by atoms with Crippen LogP contribution < -0.4 is 15.0 Å². The molecule has 3 heterocycles. The third-order valence-electron chi connectivity index (χ3n) is 4.06. The Morgan fingerprint density at radius 3 is 2.73 bits per heavy atom. The van der Waals surface area contributed by atoms with Gasteiger partial charge in [0.05, 0.1) is 12.1 Å². The van der Waals surface area contributed by atoms with Gasteiger partial charge in [-0.15, -0.1) is 0 Å². The largest absolute Gasteiger partial charge is 0.454 e. The third-order valence-corrected chi connectivity index (χ3v) is 4.06. The summed E-state index contributed by atoms with van der Waals surface area (Å²) in [6.07, 6.45) is -0.156. The third kappa shape index (κ3) is 2.31. The van der Waals surface area contributed by atoms with Crippen molar-refractivity contribution >= 4 is 10.9 Å². The zero-order chi connectivity index (χ0) is 15.3. The van der Waals surface area contributed by atoms with E-state index in [-0.39, 0.29) is 31.9 Å². The fraction of sp³-hybridized carbons (Fsp3) is 0.400. The summed E-state index contributed by atoms with van der Waals surface area (Å²) >= 11 is 0. The molecule has 1 fully saturated rings. The number of halogens is 2. The van der Waals surface area contributed by atoms with Gasteiger partial charge in [-0.2, -0.15) is 0 Å². The van der Waals surface area contributed by atoms with Crippen LogP contribution in [0.1, 0.15) is 12.0 Å².